The van der Waals surface area contributed by atoms with Gasteiger partial charge in [-0.3, -0.25) is 4.79 Å². The first-order valence-corrected chi connectivity index (χ1v) is 9.01. The Kier molecular flexibility index (Phi) is 4.90. The van der Waals surface area contributed by atoms with Crippen molar-refractivity contribution in [3.8, 4) is 11.5 Å². The van der Waals surface area contributed by atoms with Gasteiger partial charge in [0.2, 0.25) is 0 Å². The number of hydrogen-bond donors (Lipinski definition) is 2. The van der Waals surface area contributed by atoms with E-state index in [4.69, 9.17) is 4.74 Å². The van der Waals surface area contributed by atoms with Gasteiger partial charge in [-0.15, -0.1) is 0 Å². The molecule has 0 aliphatic carbocycles. The summed E-state index contributed by atoms with van der Waals surface area (Å²) >= 11 is 3.36. The number of ether oxygens (including phenoxy) is 1. The first-order valence-electron chi connectivity index (χ1n) is 8.22. The van der Waals surface area contributed by atoms with Gasteiger partial charge < -0.3 is 20.1 Å². The number of carbonyl (C=O) groups excluding carboxylic acids is 1. The molecule has 5 nitrogen and oxygen atoms in total. The second kappa shape index (κ2) is 6.96. The molecule has 0 spiro atoms. The summed E-state index contributed by atoms with van der Waals surface area (Å²) in [6, 6.07) is 11.1. The molecule has 0 unspecified atom stereocenters. The average Bonchev–Trinajstić information content (AvgIpc) is 2.63. The minimum absolute atomic E-state index is 0.00290. The fourth-order valence-electron chi connectivity index (χ4n) is 3.07. The van der Waals surface area contributed by atoms with E-state index < -0.39 is 0 Å². The predicted molar refractivity (Wildman–Crippen MR) is 101 cm³/mol. The molecule has 3 rings (SSSR count). The second-order valence-electron chi connectivity index (χ2n) is 6.12. The molecule has 0 aromatic heterocycles. The highest BCUT2D eigenvalue weighted by molar-refractivity contribution is 9.10. The van der Waals surface area contributed by atoms with Crippen molar-refractivity contribution in [3.05, 3.63) is 52.0 Å². The van der Waals surface area contributed by atoms with Crippen molar-refractivity contribution in [3.63, 3.8) is 0 Å². The monoisotopic (exact) mass is 404 g/mol. The SMILES string of the molecule is CC[C@@H](C)N1C(=O)c2ccccc2N[C@H]1c1cc(Br)c(O)c(OC)c1. The number of phenols is 1. The molecule has 0 saturated carbocycles. The lowest BCUT2D eigenvalue weighted by Crippen LogP contribution is -2.47. The lowest BCUT2D eigenvalue weighted by Gasteiger charge is -2.41. The van der Waals surface area contributed by atoms with Gasteiger partial charge in [0.15, 0.2) is 11.5 Å². The molecule has 6 heteroatoms. The molecule has 132 valence electrons. The molecule has 0 radical (unpaired) electrons. The van der Waals surface area contributed by atoms with Crippen LogP contribution in [0.3, 0.4) is 0 Å². The van der Waals surface area contributed by atoms with Gasteiger partial charge in [-0.05, 0) is 59.1 Å². The maximum absolute atomic E-state index is 13.1. The largest absolute Gasteiger partial charge is 0.503 e. The first-order chi connectivity index (χ1) is 12.0. The third-order valence-corrected chi connectivity index (χ3v) is 5.22. The number of nitrogens with zero attached hydrogens (tertiary/aromatic N) is 1. The van der Waals surface area contributed by atoms with Crippen LogP contribution in [0.4, 0.5) is 5.69 Å². The molecule has 1 aliphatic rings. The fourth-order valence-corrected chi connectivity index (χ4v) is 3.53. The van der Waals surface area contributed by atoms with Crippen LogP contribution in [0.25, 0.3) is 0 Å². The molecule has 25 heavy (non-hydrogen) atoms. The number of nitrogens with one attached hydrogen (secondary N) is 1. The Bertz CT molecular complexity index is 809. The fraction of sp³-hybridized carbons (Fsp3) is 0.316. The van der Waals surface area contributed by atoms with Crippen LogP contribution in [-0.4, -0.2) is 29.1 Å². The molecule has 1 aliphatic heterocycles. The minimum atomic E-state index is -0.344. The Hall–Kier alpha value is -2.21. The molecule has 0 fully saturated rings. The van der Waals surface area contributed by atoms with Gasteiger partial charge >= 0.3 is 0 Å². The highest BCUT2D eigenvalue weighted by Crippen LogP contribution is 2.41. The summed E-state index contributed by atoms with van der Waals surface area (Å²) in [5.41, 5.74) is 2.31. The van der Waals surface area contributed by atoms with E-state index in [1.165, 1.54) is 7.11 Å². The molecule has 1 heterocycles. The summed E-state index contributed by atoms with van der Waals surface area (Å²) in [6.07, 6.45) is 0.491. The lowest BCUT2D eigenvalue weighted by atomic mass is 10.0. The van der Waals surface area contributed by atoms with E-state index >= 15 is 0 Å². The van der Waals surface area contributed by atoms with Crippen LogP contribution in [-0.2, 0) is 0 Å². The van der Waals surface area contributed by atoms with Gasteiger partial charge in [0.1, 0.15) is 6.17 Å². The summed E-state index contributed by atoms with van der Waals surface area (Å²) in [7, 11) is 1.51. The maximum atomic E-state index is 13.1. The zero-order valence-corrected chi connectivity index (χ0v) is 16.0. The summed E-state index contributed by atoms with van der Waals surface area (Å²) in [5, 5.41) is 13.5. The Morgan fingerprint density at radius 1 is 1.36 bits per heavy atom. The van der Waals surface area contributed by atoms with Gasteiger partial charge in [-0.1, -0.05) is 19.1 Å². The van der Waals surface area contributed by atoms with Crippen molar-refractivity contribution in [2.24, 2.45) is 0 Å². The molecular formula is C19H21BrN2O3. The van der Waals surface area contributed by atoms with Crippen LogP contribution in [0, 0.1) is 0 Å². The van der Waals surface area contributed by atoms with E-state index in [0.29, 0.717) is 15.8 Å². The van der Waals surface area contributed by atoms with Gasteiger partial charge in [-0.2, -0.15) is 0 Å². The van der Waals surface area contributed by atoms with Crippen molar-refractivity contribution >= 4 is 27.5 Å². The number of carbonyl (C=O) groups is 1. The number of aromatic hydroxyl groups is 1. The predicted octanol–water partition coefficient (Wildman–Crippen LogP) is 4.53. The highest BCUT2D eigenvalue weighted by atomic mass is 79.9. The van der Waals surface area contributed by atoms with Crippen molar-refractivity contribution in [1.29, 1.82) is 0 Å². The smallest absolute Gasteiger partial charge is 0.258 e. The van der Waals surface area contributed by atoms with Crippen LogP contribution >= 0.6 is 15.9 Å². The zero-order chi connectivity index (χ0) is 18.1. The third kappa shape index (κ3) is 3.06. The number of fused-ring (bicyclic) bond motifs is 1. The standard InChI is InChI=1S/C19H21BrN2O3/c1-4-11(2)22-18(12-9-14(20)17(23)16(10-12)25-3)21-15-8-6-5-7-13(15)19(22)24/h5-11,18,21,23H,4H2,1-3H3/t11-,18-/m1/s1. The van der Waals surface area contributed by atoms with Crippen LogP contribution < -0.4 is 10.1 Å². The molecule has 2 aromatic carbocycles. The summed E-state index contributed by atoms with van der Waals surface area (Å²) in [4.78, 5) is 14.9. The van der Waals surface area contributed by atoms with Crippen LogP contribution in [0.2, 0.25) is 0 Å². The van der Waals surface area contributed by atoms with Gasteiger partial charge in [-0.25, -0.2) is 0 Å². The van der Waals surface area contributed by atoms with E-state index in [-0.39, 0.29) is 23.9 Å². The van der Waals surface area contributed by atoms with E-state index in [2.05, 4.69) is 28.2 Å². The second-order valence-corrected chi connectivity index (χ2v) is 6.97. The van der Waals surface area contributed by atoms with Gasteiger partial charge in [0.25, 0.3) is 5.91 Å². The Morgan fingerprint density at radius 2 is 2.08 bits per heavy atom. The topological polar surface area (TPSA) is 61.8 Å². The molecule has 0 saturated heterocycles. The number of hydrogen-bond acceptors (Lipinski definition) is 4. The van der Waals surface area contributed by atoms with Crippen LogP contribution in [0.15, 0.2) is 40.9 Å². The van der Waals surface area contributed by atoms with Crippen molar-refractivity contribution < 1.29 is 14.6 Å². The van der Waals surface area contributed by atoms with Crippen molar-refractivity contribution in [1.82, 2.24) is 4.90 Å². The number of methoxy groups -OCH3 is 1. The normalized spacial score (nSPS) is 17.7. The number of halogens is 1. The number of rotatable bonds is 4. The number of phenolic OH excluding ortho intramolecular Hbond substituents is 1. The van der Waals surface area contributed by atoms with Crippen molar-refractivity contribution in [2.45, 2.75) is 32.5 Å². The van der Waals surface area contributed by atoms with E-state index in [1.54, 1.807) is 6.07 Å². The van der Waals surface area contributed by atoms with Crippen LogP contribution in [0.5, 0.6) is 11.5 Å². The van der Waals surface area contributed by atoms with Crippen molar-refractivity contribution in [2.75, 3.05) is 12.4 Å². The van der Waals surface area contributed by atoms with Gasteiger partial charge in [0, 0.05) is 11.7 Å². The Labute approximate surface area is 155 Å². The quantitative estimate of drug-likeness (QED) is 0.785. The summed E-state index contributed by atoms with van der Waals surface area (Å²) < 4.78 is 5.79. The molecule has 2 N–H and O–H groups in total. The molecule has 1 amide bonds. The van der Waals surface area contributed by atoms with E-state index in [9.17, 15) is 9.90 Å². The first kappa shape index (κ1) is 17.6. The third-order valence-electron chi connectivity index (χ3n) is 4.61. The maximum Gasteiger partial charge on any atom is 0.258 e. The average molecular weight is 405 g/mol. The Balaban J connectivity index is 2.13. The molecular weight excluding hydrogens is 384 g/mol. The molecule has 0 bridgehead atoms. The molecule has 2 aromatic rings. The number of anilines is 1. The highest BCUT2D eigenvalue weighted by Gasteiger charge is 2.35. The zero-order valence-electron chi connectivity index (χ0n) is 14.4. The Morgan fingerprint density at radius 3 is 2.76 bits per heavy atom. The number of benzene rings is 2. The van der Waals surface area contributed by atoms with Crippen LogP contribution in [0.1, 0.15) is 42.4 Å². The summed E-state index contributed by atoms with van der Waals surface area (Å²) in [6.45, 7) is 4.09. The lowest BCUT2D eigenvalue weighted by molar-refractivity contribution is 0.0593. The van der Waals surface area contributed by atoms with Gasteiger partial charge in [0.05, 0.1) is 17.1 Å². The number of amides is 1. The van der Waals surface area contributed by atoms with E-state index in [1.807, 2.05) is 42.2 Å². The van der Waals surface area contributed by atoms with E-state index in [0.717, 1.165) is 17.7 Å². The molecule has 2 atom stereocenters. The minimum Gasteiger partial charge on any atom is -0.503 e. The summed E-state index contributed by atoms with van der Waals surface area (Å²) in [5.74, 6) is 0.405. The number of para-hydroxylation sites is 1.